The topological polar surface area (TPSA) is 53.3 Å². The van der Waals surface area contributed by atoms with Gasteiger partial charge in [0.15, 0.2) is 5.79 Å². The Morgan fingerprint density at radius 3 is 2.42 bits per heavy atom. The van der Waals surface area contributed by atoms with E-state index < -0.39 is 5.79 Å². The van der Waals surface area contributed by atoms with Crippen molar-refractivity contribution >= 4 is 22.6 Å². The SMILES string of the molecule is COC1(O)C2C(C(C)=N)=Cc3cc(C(C)(C)C)c4cc(C)ccc4c3C21. The van der Waals surface area contributed by atoms with E-state index in [2.05, 4.69) is 58.0 Å². The third kappa shape index (κ3) is 2.23. The lowest BCUT2D eigenvalue weighted by molar-refractivity contribution is -0.113. The molecule has 3 heteroatoms. The fourth-order valence-electron chi connectivity index (χ4n) is 4.65. The Kier molecular flexibility index (Phi) is 3.54. The summed E-state index contributed by atoms with van der Waals surface area (Å²) in [7, 11) is 1.56. The van der Waals surface area contributed by atoms with E-state index in [0.29, 0.717) is 5.71 Å². The minimum absolute atomic E-state index is 0.00671. The van der Waals surface area contributed by atoms with E-state index in [1.54, 1.807) is 14.0 Å². The van der Waals surface area contributed by atoms with Gasteiger partial charge in [-0.1, -0.05) is 50.6 Å². The lowest BCUT2D eigenvalue weighted by Gasteiger charge is -2.26. The second kappa shape index (κ2) is 5.28. The molecule has 0 aliphatic heterocycles. The summed E-state index contributed by atoms with van der Waals surface area (Å²) in [5.41, 5.74) is 6.20. The molecule has 2 aliphatic rings. The Morgan fingerprint density at radius 2 is 1.85 bits per heavy atom. The van der Waals surface area contributed by atoms with Gasteiger partial charge in [-0.05, 0) is 58.4 Å². The van der Waals surface area contributed by atoms with Crippen molar-refractivity contribution in [2.24, 2.45) is 5.92 Å². The van der Waals surface area contributed by atoms with Crippen LogP contribution in [-0.2, 0) is 10.2 Å². The van der Waals surface area contributed by atoms with Crippen molar-refractivity contribution in [2.75, 3.05) is 7.11 Å². The Labute approximate surface area is 155 Å². The molecule has 2 N–H and O–H groups in total. The van der Waals surface area contributed by atoms with Crippen LogP contribution >= 0.6 is 0 Å². The van der Waals surface area contributed by atoms with E-state index in [9.17, 15) is 5.11 Å². The molecular formula is C23H27NO2. The van der Waals surface area contributed by atoms with Crippen molar-refractivity contribution in [2.45, 2.75) is 51.7 Å². The zero-order valence-electron chi connectivity index (χ0n) is 16.4. The van der Waals surface area contributed by atoms with Crippen molar-refractivity contribution in [1.29, 1.82) is 5.41 Å². The minimum Gasteiger partial charge on any atom is -0.364 e. The first kappa shape index (κ1) is 17.4. The molecule has 4 rings (SSSR count). The van der Waals surface area contributed by atoms with Crippen LogP contribution in [0.5, 0.6) is 0 Å². The number of hydrogen-bond acceptors (Lipinski definition) is 3. The van der Waals surface area contributed by atoms with Gasteiger partial charge in [-0.15, -0.1) is 0 Å². The molecule has 1 saturated carbocycles. The van der Waals surface area contributed by atoms with Gasteiger partial charge in [0, 0.05) is 12.8 Å². The van der Waals surface area contributed by atoms with Gasteiger partial charge < -0.3 is 15.3 Å². The first-order valence-electron chi connectivity index (χ1n) is 9.22. The van der Waals surface area contributed by atoms with Crippen LogP contribution in [0, 0.1) is 18.3 Å². The molecule has 0 amide bonds. The summed E-state index contributed by atoms with van der Waals surface area (Å²) in [6.45, 7) is 10.6. The number of aliphatic hydroxyl groups is 1. The number of benzene rings is 2. The van der Waals surface area contributed by atoms with Crippen LogP contribution in [0.4, 0.5) is 0 Å². The highest BCUT2D eigenvalue weighted by Gasteiger charge is 2.69. The van der Waals surface area contributed by atoms with E-state index in [-0.39, 0.29) is 17.3 Å². The molecule has 0 radical (unpaired) electrons. The predicted molar refractivity (Wildman–Crippen MR) is 107 cm³/mol. The van der Waals surface area contributed by atoms with Gasteiger partial charge in [-0.3, -0.25) is 0 Å². The van der Waals surface area contributed by atoms with Crippen LogP contribution in [-0.4, -0.2) is 23.7 Å². The van der Waals surface area contributed by atoms with Crippen LogP contribution in [0.1, 0.15) is 55.9 Å². The second-order valence-electron chi connectivity index (χ2n) is 8.86. The summed E-state index contributed by atoms with van der Waals surface area (Å²) in [6.07, 6.45) is 2.09. The summed E-state index contributed by atoms with van der Waals surface area (Å²) in [5, 5.41) is 21.7. The molecule has 0 heterocycles. The maximum atomic E-state index is 11.0. The van der Waals surface area contributed by atoms with Crippen LogP contribution in [0.15, 0.2) is 29.8 Å². The molecule has 2 aromatic carbocycles. The summed E-state index contributed by atoms with van der Waals surface area (Å²) in [4.78, 5) is 0. The fourth-order valence-corrected chi connectivity index (χ4v) is 4.65. The molecule has 2 aromatic rings. The zero-order valence-corrected chi connectivity index (χ0v) is 16.4. The Morgan fingerprint density at radius 1 is 1.15 bits per heavy atom. The van der Waals surface area contributed by atoms with Gasteiger partial charge in [-0.25, -0.2) is 0 Å². The predicted octanol–water partition coefficient (Wildman–Crippen LogP) is 4.93. The van der Waals surface area contributed by atoms with Gasteiger partial charge in [0.1, 0.15) is 0 Å². The largest absolute Gasteiger partial charge is 0.364 e. The van der Waals surface area contributed by atoms with Gasteiger partial charge in [-0.2, -0.15) is 0 Å². The summed E-state index contributed by atoms with van der Waals surface area (Å²) in [6, 6.07) is 8.82. The molecular weight excluding hydrogens is 322 g/mol. The Balaban J connectivity index is 2.10. The molecule has 0 saturated heterocycles. The lowest BCUT2D eigenvalue weighted by atomic mass is 9.78. The second-order valence-corrected chi connectivity index (χ2v) is 8.86. The Bertz CT molecular complexity index is 980. The molecule has 26 heavy (non-hydrogen) atoms. The number of fused-ring (bicyclic) bond motifs is 5. The van der Waals surface area contributed by atoms with Crippen LogP contribution in [0.3, 0.4) is 0 Å². The van der Waals surface area contributed by atoms with Crippen molar-refractivity contribution in [3.63, 3.8) is 0 Å². The number of aryl methyl sites for hydroxylation is 1. The zero-order chi connectivity index (χ0) is 19.0. The third-order valence-corrected chi connectivity index (χ3v) is 6.01. The maximum Gasteiger partial charge on any atom is 0.180 e. The van der Waals surface area contributed by atoms with Gasteiger partial charge >= 0.3 is 0 Å². The lowest BCUT2D eigenvalue weighted by Crippen LogP contribution is -2.16. The minimum atomic E-state index is -1.21. The van der Waals surface area contributed by atoms with Crippen molar-refractivity contribution in [3.05, 3.63) is 52.1 Å². The van der Waals surface area contributed by atoms with Crippen molar-refractivity contribution < 1.29 is 9.84 Å². The molecule has 1 fully saturated rings. The quantitative estimate of drug-likeness (QED) is 0.596. The maximum absolute atomic E-state index is 11.0. The average Bonchev–Trinajstić information content (AvgIpc) is 3.18. The molecule has 3 atom stereocenters. The van der Waals surface area contributed by atoms with Crippen LogP contribution < -0.4 is 0 Å². The molecule has 0 aromatic heterocycles. The van der Waals surface area contributed by atoms with Crippen molar-refractivity contribution in [1.82, 2.24) is 0 Å². The molecule has 136 valence electrons. The first-order valence-corrected chi connectivity index (χ1v) is 9.22. The van der Waals surface area contributed by atoms with Gasteiger partial charge in [0.25, 0.3) is 0 Å². The fraction of sp³-hybridized carbons (Fsp3) is 0.435. The van der Waals surface area contributed by atoms with Crippen LogP contribution in [0.2, 0.25) is 0 Å². The summed E-state index contributed by atoms with van der Waals surface area (Å²) >= 11 is 0. The standard InChI is InChI=1S/C23H27NO2/c1-12-7-8-15-17(9-12)18(22(3,4)5)11-14-10-16(13(2)24)20-21(19(14)15)23(20,25)26-6/h7-11,20-21,24-25H,1-6H3. The molecule has 0 bridgehead atoms. The summed E-state index contributed by atoms with van der Waals surface area (Å²) < 4.78 is 5.52. The van der Waals surface area contributed by atoms with E-state index in [4.69, 9.17) is 10.1 Å². The summed E-state index contributed by atoms with van der Waals surface area (Å²) in [5.74, 6) is -1.47. The molecule has 0 spiro atoms. The van der Waals surface area contributed by atoms with Crippen molar-refractivity contribution in [3.8, 4) is 0 Å². The highest BCUT2D eigenvalue weighted by Crippen LogP contribution is 2.66. The smallest absolute Gasteiger partial charge is 0.180 e. The van der Waals surface area contributed by atoms with Gasteiger partial charge in [0.05, 0.1) is 11.8 Å². The van der Waals surface area contributed by atoms with E-state index in [0.717, 1.165) is 16.7 Å². The number of methoxy groups -OCH3 is 1. The monoisotopic (exact) mass is 349 g/mol. The van der Waals surface area contributed by atoms with E-state index >= 15 is 0 Å². The number of hydrogen-bond donors (Lipinski definition) is 2. The molecule has 3 unspecified atom stereocenters. The van der Waals surface area contributed by atoms with Gasteiger partial charge in [0.2, 0.25) is 0 Å². The number of ether oxygens (including phenoxy) is 1. The third-order valence-electron chi connectivity index (χ3n) is 6.01. The first-order chi connectivity index (χ1) is 12.1. The van der Waals surface area contributed by atoms with Crippen LogP contribution in [0.25, 0.3) is 16.8 Å². The van der Waals surface area contributed by atoms with E-state index in [1.807, 2.05) is 0 Å². The molecule has 2 aliphatic carbocycles. The highest BCUT2D eigenvalue weighted by atomic mass is 16.6. The highest BCUT2D eigenvalue weighted by molar-refractivity contribution is 6.05. The normalized spacial score (nSPS) is 27.0. The number of nitrogens with one attached hydrogen (secondary N) is 1. The Hall–Kier alpha value is -1.97. The average molecular weight is 349 g/mol. The van der Waals surface area contributed by atoms with E-state index in [1.165, 1.54) is 21.9 Å². The number of rotatable bonds is 2. The molecule has 3 nitrogen and oxygen atoms in total.